The number of unbranched alkanes of at least 4 members (excludes halogenated alkanes) is 1. The van der Waals surface area contributed by atoms with E-state index in [9.17, 15) is 4.39 Å². The zero-order valence-corrected chi connectivity index (χ0v) is 25.1. The highest BCUT2D eigenvalue weighted by Gasteiger charge is 2.28. The predicted octanol–water partition coefficient (Wildman–Crippen LogP) is 8.92. The maximum Gasteiger partial charge on any atom is 0.156 e. The summed E-state index contributed by atoms with van der Waals surface area (Å²) in [5.41, 5.74) is 4.63. The van der Waals surface area contributed by atoms with E-state index in [-0.39, 0.29) is 22.9 Å². The molecular formula is C31H49ClFNO3. The van der Waals surface area contributed by atoms with Gasteiger partial charge in [-0.3, -0.25) is 4.99 Å². The summed E-state index contributed by atoms with van der Waals surface area (Å²) in [4.78, 5) is 4.37. The van der Waals surface area contributed by atoms with E-state index in [0.29, 0.717) is 6.10 Å². The number of benzene rings is 1. The summed E-state index contributed by atoms with van der Waals surface area (Å²) in [6, 6.07) is 5.00. The highest BCUT2D eigenvalue weighted by molar-refractivity contribution is 6.30. The molecule has 2 N–H and O–H groups in total. The Hall–Kier alpha value is -1.79. The molecule has 1 fully saturated rings. The Morgan fingerprint density at radius 3 is 2.32 bits per heavy atom. The van der Waals surface area contributed by atoms with Crippen LogP contribution in [0.3, 0.4) is 0 Å². The number of allylic oxidation sites excluding steroid dienone is 6. The number of hydrogen-bond donors (Lipinski definition) is 2. The molecule has 210 valence electrons. The monoisotopic (exact) mass is 537 g/mol. The minimum Gasteiger partial charge on any atom is -0.375 e. The van der Waals surface area contributed by atoms with Crippen molar-refractivity contribution in [3.63, 3.8) is 0 Å². The van der Waals surface area contributed by atoms with Gasteiger partial charge in [0.15, 0.2) is 5.79 Å². The lowest BCUT2D eigenvalue weighted by Crippen LogP contribution is -2.16. The average molecular weight is 538 g/mol. The van der Waals surface area contributed by atoms with Gasteiger partial charge in [0.1, 0.15) is 5.82 Å². The van der Waals surface area contributed by atoms with Gasteiger partial charge in [0, 0.05) is 17.8 Å². The van der Waals surface area contributed by atoms with Crippen LogP contribution in [0, 0.1) is 5.82 Å². The third-order valence-corrected chi connectivity index (χ3v) is 5.99. The smallest absolute Gasteiger partial charge is 0.156 e. The van der Waals surface area contributed by atoms with Crippen molar-refractivity contribution in [2.75, 3.05) is 0 Å². The fourth-order valence-electron chi connectivity index (χ4n) is 3.80. The fraction of sp³-hybridized carbons (Fsp3) is 0.581. The Kier molecular flexibility index (Phi) is 17.6. The van der Waals surface area contributed by atoms with E-state index in [4.69, 9.17) is 26.6 Å². The largest absolute Gasteiger partial charge is 0.375 e. The topological polar surface area (TPSA) is 62.0 Å². The van der Waals surface area contributed by atoms with Crippen LogP contribution < -0.4 is 0 Å². The lowest BCUT2D eigenvalue weighted by molar-refractivity contribution is -0.127. The molecule has 6 heteroatoms. The molecule has 0 amide bonds. The molecule has 1 aliphatic heterocycles. The molecule has 0 radical (unpaired) electrons. The molecule has 0 aromatic heterocycles. The van der Waals surface area contributed by atoms with E-state index < -0.39 is 5.79 Å². The molecule has 2 rings (SSSR count). The van der Waals surface area contributed by atoms with Gasteiger partial charge in [-0.2, -0.15) is 0 Å². The third kappa shape index (κ3) is 15.9. The van der Waals surface area contributed by atoms with Crippen LogP contribution in [-0.2, 0) is 4.74 Å². The van der Waals surface area contributed by atoms with E-state index in [2.05, 4.69) is 64.8 Å². The number of aliphatic hydroxyl groups is 2. The highest BCUT2D eigenvalue weighted by Crippen LogP contribution is 2.32. The molecule has 0 bridgehead atoms. The van der Waals surface area contributed by atoms with Gasteiger partial charge in [-0.05, 0) is 96.1 Å². The van der Waals surface area contributed by atoms with Gasteiger partial charge >= 0.3 is 0 Å². The third-order valence-electron chi connectivity index (χ3n) is 5.68. The van der Waals surface area contributed by atoms with E-state index >= 15 is 0 Å². The Morgan fingerprint density at radius 2 is 1.86 bits per heavy atom. The maximum atomic E-state index is 13.3. The van der Waals surface area contributed by atoms with Crippen LogP contribution in [0.15, 0.2) is 58.3 Å². The van der Waals surface area contributed by atoms with Crippen LogP contribution in [0.2, 0.25) is 5.02 Å². The first-order chi connectivity index (χ1) is 17.2. The normalized spacial score (nSPS) is 19.8. The molecule has 3 unspecified atom stereocenters. The van der Waals surface area contributed by atoms with Crippen molar-refractivity contribution in [3.05, 3.63) is 69.7 Å². The maximum absolute atomic E-state index is 13.3. The number of ether oxygens (including phenoxy) is 1. The van der Waals surface area contributed by atoms with Crippen molar-refractivity contribution >= 4 is 17.8 Å². The van der Waals surface area contributed by atoms with Crippen molar-refractivity contribution in [2.24, 2.45) is 4.99 Å². The number of rotatable bonds is 8. The highest BCUT2D eigenvalue weighted by atomic mass is 35.5. The van der Waals surface area contributed by atoms with Crippen LogP contribution in [0.1, 0.15) is 106 Å². The summed E-state index contributed by atoms with van der Waals surface area (Å²) in [7, 11) is 0. The minimum atomic E-state index is -1.50. The zero-order chi connectivity index (χ0) is 28.6. The quantitative estimate of drug-likeness (QED) is 0.197. The lowest BCUT2D eigenvalue weighted by Gasteiger charge is -2.20. The first-order valence-corrected chi connectivity index (χ1v) is 13.7. The van der Waals surface area contributed by atoms with Gasteiger partial charge in [-0.1, -0.05) is 63.1 Å². The minimum absolute atomic E-state index is 0.177. The van der Waals surface area contributed by atoms with E-state index in [1.165, 1.54) is 37.5 Å². The second-order valence-electron chi connectivity index (χ2n) is 9.89. The Labute approximate surface area is 230 Å². The summed E-state index contributed by atoms with van der Waals surface area (Å²) < 4.78 is 19.1. The van der Waals surface area contributed by atoms with Crippen molar-refractivity contribution in [2.45, 2.75) is 118 Å². The van der Waals surface area contributed by atoms with Gasteiger partial charge in [-0.15, -0.1) is 0 Å². The van der Waals surface area contributed by atoms with Gasteiger partial charge in [0.05, 0.1) is 17.2 Å². The van der Waals surface area contributed by atoms with Gasteiger partial charge in [0.25, 0.3) is 0 Å². The lowest BCUT2D eigenvalue weighted by atomic mass is 9.93. The Balaban J connectivity index is 0.000000594. The molecule has 1 saturated heterocycles. The standard InChI is InChI=1S/C15H25N.C13H16ClFO.C3H8O2/c1-6-9-10-12-15(13(4)11-7-2)14(5)16-8-3;1-8-3-6-13(16-8)9(2)10-4-5-11(14)12(15)7-10;1-3(2,4)5/h8,10-12H,6-7,9H2,1-5H3;4-5,7-9,13H,3,6H2,1-2H3;4-5H,1-2H3/b12-10-,13-11+,15-14-,16-8?;;. The van der Waals surface area contributed by atoms with Crippen LogP contribution in [0.4, 0.5) is 4.39 Å². The van der Waals surface area contributed by atoms with Gasteiger partial charge < -0.3 is 14.9 Å². The molecule has 4 nitrogen and oxygen atoms in total. The molecule has 37 heavy (non-hydrogen) atoms. The molecule has 1 aromatic carbocycles. The second kappa shape index (κ2) is 18.5. The Morgan fingerprint density at radius 1 is 1.24 bits per heavy atom. The van der Waals surface area contributed by atoms with Crippen molar-refractivity contribution in [1.29, 1.82) is 0 Å². The number of hydrogen-bond acceptors (Lipinski definition) is 4. The zero-order valence-electron chi connectivity index (χ0n) is 24.3. The van der Waals surface area contributed by atoms with E-state index in [1.807, 2.05) is 19.2 Å². The van der Waals surface area contributed by atoms with Crippen molar-refractivity contribution in [3.8, 4) is 0 Å². The second-order valence-corrected chi connectivity index (χ2v) is 10.3. The van der Waals surface area contributed by atoms with Gasteiger partial charge in [-0.25, -0.2) is 4.39 Å². The first kappa shape index (κ1) is 35.2. The Bertz CT molecular complexity index is 910. The molecule has 0 spiro atoms. The van der Waals surface area contributed by atoms with E-state index in [0.717, 1.165) is 36.9 Å². The van der Waals surface area contributed by atoms with Crippen LogP contribution in [-0.4, -0.2) is 34.4 Å². The fourth-order valence-corrected chi connectivity index (χ4v) is 3.91. The molecular weight excluding hydrogens is 489 g/mol. The molecule has 1 aromatic rings. The van der Waals surface area contributed by atoms with Crippen LogP contribution in [0.5, 0.6) is 0 Å². The number of aliphatic imine (C=N–C) groups is 1. The summed E-state index contributed by atoms with van der Waals surface area (Å²) in [6.45, 7) is 17.3. The summed E-state index contributed by atoms with van der Waals surface area (Å²) in [5.74, 6) is -1.63. The average Bonchev–Trinajstić information content (AvgIpc) is 3.24. The van der Waals surface area contributed by atoms with Crippen molar-refractivity contribution < 1.29 is 19.3 Å². The number of halogens is 2. The predicted molar refractivity (Wildman–Crippen MR) is 157 cm³/mol. The summed E-state index contributed by atoms with van der Waals surface area (Å²) in [6.07, 6.45) is 14.6. The molecule has 1 aliphatic rings. The molecule has 1 heterocycles. The SMILES string of the molecule is CC(C)(O)O.CC1CCC(C(C)c2ccc(Cl)c(F)c2)O1.CC=N/C(C)=C(/C=C\CCC)C(\C)=C\CC. The van der Waals surface area contributed by atoms with Crippen LogP contribution >= 0.6 is 11.6 Å². The number of nitrogens with zero attached hydrogens (tertiary/aromatic N) is 1. The van der Waals surface area contributed by atoms with Crippen molar-refractivity contribution in [1.82, 2.24) is 0 Å². The summed E-state index contributed by atoms with van der Waals surface area (Å²) in [5, 5.41) is 16.3. The first-order valence-electron chi connectivity index (χ1n) is 13.3. The molecule has 0 aliphatic carbocycles. The molecule has 3 atom stereocenters. The molecule has 0 saturated carbocycles. The van der Waals surface area contributed by atoms with Gasteiger partial charge in [0.2, 0.25) is 0 Å². The summed E-state index contributed by atoms with van der Waals surface area (Å²) >= 11 is 5.66. The van der Waals surface area contributed by atoms with Crippen LogP contribution in [0.25, 0.3) is 0 Å². The van der Waals surface area contributed by atoms with E-state index in [1.54, 1.807) is 6.07 Å².